The van der Waals surface area contributed by atoms with Crippen molar-refractivity contribution in [3.8, 4) is 0 Å². The molecule has 1 aliphatic rings. The molecular weight excluding hydrogens is 266 g/mol. The summed E-state index contributed by atoms with van der Waals surface area (Å²) in [5.74, 6) is 0.587. The molecular formula is C13H25NO4S. The van der Waals surface area contributed by atoms with Crippen molar-refractivity contribution in [1.29, 1.82) is 0 Å². The van der Waals surface area contributed by atoms with Gasteiger partial charge in [0.15, 0.2) is 9.84 Å². The average Bonchev–Trinajstić information content (AvgIpc) is 2.66. The van der Waals surface area contributed by atoms with Crippen LogP contribution in [-0.4, -0.2) is 44.1 Å². The van der Waals surface area contributed by atoms with Gasteiger partial charge >= 0.3 is 0 Å². The number of nitrogens with one attached hydrogen (secondary N) is 1. The zero-order valence-electron chi connectivity index (χ0n) is 11.6. The Morgan fingerprint density at radius 1 is 1.42 bits per heavy atom. The molecule has 1 amide bonds. The summed E-state index contributed by atoms with van der Waals surface area (Å²) in [6, 6.07) is 0. The smallest absolute Gasteiger partial charge is 0.220 e. The van der Waals surface area contributed by atoms with Crippen LogP contribution in [0.25, 0.3) is 0 Å². The second-order valence-electron chi connectivity index (χ2n) is 5.44. The summed E-state index contributed by atoms with van der Waals surface area (Å²) in [5, 5.41) is 11.8. The van der Waals surface area contributed by atoms with Crippen molar-refractivity contribution < 1.29 is 18.3 Å². The molecule has 19 heavy (non-hydrogen) atoms. The Hall–Kier alpha value is -0.620. The Labute approximate surface area is 115 Å². The van der Waals surface area contributed by atoms with E-state index in [1.54, 1.807) is 0 Å². The number of aliphatic hydroxyl groups is 1. The van der Waals surface area contributed by atoms with Gasteiger partial charge in [-0.05, 0) is 31.1 Å². The number of sulfone groups is 1. The highest BCUT2D eigenvalue weighted by molar-refractivity contribution is 7.91. The fraction of sp³-hybridized carbons (Fsp3) is 0.923. The molecule has 0 aromatic rings. The molecule has 0 aliphatic carbocycles. The van der Waals surface area contributed by atoms with Crippen LogP contribution in [0.2, 0.25) is 0 Å². The van der Waals surface area contributed by atoms with Gasteiger partial charge < -0.3 is 10.4 Å². The molecule has 2 N–H and O–H groups in total. The number of carbonyl (C=O) groups is 1. The molecule has 1 heterocycles. The number of carbonyl (C=O) groups excluding carboxylic acids is 1. The first kappa shape index (κ1) is 16.4. The van der Waals surface area contributed by atoms with E-state index < -0.39 is 9.84 Å². The van der Waals surface area contributed by atoms with Crippen LogP contribution in [0.5, 0.6) is 0 Å². The molecule has 0 radical (unpaired) electrons. The molecule has 6 heteroatoms. The number of hydrogen-bond donors (Lipinski definition) is 2. The third-order valence-electron chi connectivity index (χ3n) is 3.62. The van der Waals surface area contributed by atoms with Crippen molar-refractivity contribution in [2.45, 2.75) is 39.0 Å². The molecule has 0 bridgehead atoms. The van der Waals surface area contributed by atoms with Gasteiger partial charge in [0.25, 0.3) is 0 Å². The van der Waals surface area contributed by atoms with E-state index in [0.29, 0.717) is 31.7 Å². The Balaban J connectivity index is 2.27. The molecule has 2 atom stereocenters. The minimum Gasteiger partial charge on any atom is -0.396 e. The molecule has 2 unspecified atom stereocenters. The van der Waals surface area contributed by atoms with Crippen LogP contribution in [-0.2, 0) is 14.6 Å². The van der Waals surface area contributed by atoms with Crippen molar-refractivity contribution >= 4 is 15.7 Å². The Morgan fingerprint density at radius 2 is 2.16 bits per heavy atom. The lowest BCUT2D eigenvalue weighted by Crippen LogP contribution is -2.31. The fourth-order valence-corrected chi connectivity index (χ4v) is 4.43. The van der Waals surface area contributed by atoms with E-state index in [1.807, 2.05) is 0 Å². The molecule has 0 saturated carbocycles. The molecule has 1 fully saturated rings. The van der Waals surface area contributed by atoms with Crippen LogP contribution in [0.1, 0.15) is 39.0 Å². The van der Waals surface area contributed by atoms with Crippen molar-refractivity contribution in [2.75, 3.05) is 24.7 Å². The maximum atomic E-state index is 11.8. The highest BCUT2D eigenvalue weighted by Gasteiger charge is 2.29. The zero-order valence-corrected chi connectivity index (χ0v) is 12.4. The van der Waals surface area contributed by atoms with Gasteiger partial charge in [-0.25, -0.2) is 8.42 Å². The van der Waals surface area contributed by atoms with Crippen LogP contribution in [0.4, 0.5) is 0 Å². The first-order chi connectivity index (χ1) is 8.96. The highest BCUT2D eigenvalue weighted by atomic mass is 32.2. The van der Waals surface area contributed by atoms with Crippen molar-refractivity contribution in [3.63, 3.8) is 0 Å². The maximum absolute atomic E-state index is 11.8. The molecule has 0 aromatic heterocycles. The Bertz CT molecular complexity index is 374. The molecule has 1 aliphatic heterocycles. The molecule has 5 nitrogen and oxygen atoms in total. The molecule has 112 valence electrons. The molecule has 0 spiro atoms. The summed E-state index contributed by atoms with van der Waals surface area (Å²) in [5.41, 5.74) is 0. The summed E-state index contributed by atoms with van der Waals surface area (Å²) >= 11 is 0. The van der Waals surface area contributed by atoms with Crippen LogP contribution < -0.4 is 5.32 Å². The molecule has 1 rings (SSSR count). The van der Waals surface area contributed by atoms with Gasteiger partial charge in [0.05, 0.1) is 11.5 Å². The SMILES string of the molecule is CCCC(CCO)CNC(=O)CC1CCS(=O)(=O)C1. The quantitative estimate of drug-likeness (QED) is 0.690. The fourth-order valence-electron chi connectivity index (χ4n) is 2.56. The van der Waals surface area contributed by atoms with Crippen LogP contribution in [0.15, 0.2) is 0 Å². The lowest BCUT2D eigenvalue weighted by molar-refractivity contribution is -0.122. The lowest BCUT2D eigenvalue weighted by Gasteiger charge is -2.16. The second kappa shape index (κ2) is 7.85. The van der Waals surface area contributed by atoms with Gasteiger partial charge in [0.1, 0.15) is 0 Å². The summed E-state index contributed by atoms with van der Waals surface area (Å²) < 4.78 is 22.6. The standard InChI is InChI=1S/C13H25NO4S/c1-2-3-11(4-6-15)9-14-13(16)8-12-5-7-19(17,18)10-12/h11-12,15H,2-10H2,1H3,(H,14,16). The van der Waals surface area contributed by atoms with Gasteiger partial charge in [-0.15, -0.1) is 0 Å². The normalized spacial score (nSPS) is 23.2. The topological polar surface area (TPSA) is 83.5 Å². The first-order valence-corrected chi connectivity index (χ1v) is 8.87. The number of rotatable bonds is 8. The van der Waals surface area contributed by atoms with E-state index in [2.05, 4.69) is 12.2 Å². The van der Waals surface area contributed by atoms with Crippen LogP contribution in [0.3, 0.4) is 0 Å². The third kappa shape index (κ3) is 6.38. The third-order valence-corrected chi connectivity index (χ3v) is 5.46. The van der Waals surface area contributed by atoms with E-state index in [0.717, 1.165) is 12.8 Å². The zero-order chi connectivity index (χ0) is 14.3. The van der Waals surface area contributed by atoms with E-state index in [1.165, 1.54) is 0 Å². The summed E-state index contributed by atoms with van der Waals surface area (Å²) in [4.78, 5) is 11.8. The van der Waals surface area contributed by atoms with E-state index in [-0.39, 0.29) is 29.9 Å². The van der Waals surface area contributed by atoms with E-state index in [9.17, 15) is 13.2 Å². The largest absolute Gasteiger partial charge is 0.396 e. The van der Waals surface area contributed by atoms with Gasteiger partial charge in [-0.1, -0.05) is 13.3 Å². The van der Waals surface area contributed by atoms with Crippen LogP contribution >= 0.6 is 0 Å². The minimum atomic E-state index is -2.90. The molecule has 1 saturated heterocycles. The summed E-state index contributed by atoms with van der Waals surface area (Å²) in [6.07, 6.45) is 3.62. The summed E-state index contributed by atoms with van der Waals surface area (Å²) in [7, 11) is -2.90. The Morgan fingerprint density at radius 3 is 2.68 bits per heavy atom. The summed E-state index contributed by atoms with van der Waals surface area (Å²) in [6.45, 7) is 2.80. The van der Waals surface area contributed by atoms with Gasteiger partial charge in [-0.3, -0.25) is 4.79 Å². The van der Waals surface area contributed by atoms with Crippen LogP contribution in [0, 0.1) is 11.8 Å². The number of hydrogen-bond acceptors (Lipinski definition) is 4. The Kier molecular flexibility index (Phi) is 6.79. The monoisotopic (exact) mass is 291 g/mol. The minimum absolute atomic E-state index is 0.0209. The van der Waals surface area contributed by atoms with Crippen molar-refractivity contribution in [2.24, 2.45) is 11.8 Å². The van der Waals surface area contributed by atoms with Crippen molar-refractivity contribution in [1.82, 2.24) is 5.32 Å². The average molecular weight is 291 g/mol. The number of amides is 1. The van der Waals surface area contributed by atoms with Crippen molar-refractivity contribution in [3.05, 3.63) is 0 Å². The highest BCUT2D eigenvalue weighted by Crippen LogP contribution is 2.21. The van der Waals surface area contributed by atoms with Gasteiger partial charge in [0.2, 0.25) is 5.91 Å². The first-order valence-electron chi connectivity index (χ1n) is 7.04. The maximum Gasteiger partial charge on any atom is 0.220 e. The van der Waals surface area contributed by atoms with E-state index in [4.69, 9.17) is 5.11 Å². The second-order valence-corrected chi connectivity index (χ2v) is 7.67. The lowest BCUT2D eigenvalue weighted by atomic mass is 9.99. The van der Waals surface area contributed by atoms with Gasteiger partial charge in [-0.2, -0.15) is 0 Å². The molecule has 0 aromatic carbocycles. The van der Waals surface area contributed by atoms with Gasteiger partial charge in [0, 0.05) is 19.6 Å². The van der Waals surface area contributed by atoms with E-state index >= 15 is 0 Å². The predicted octanol–water partition coefficient (Wildman–Crippen LogP) is 0.726. The predicted molar refractivity (Wildman–Crippen MR) is 74.5 cm³/mol. The number of aliphatic hydroxyl groups excluding tert-OH is 1.